The molecule has 1 aliphatic heterocycles. The summed E-state index contributed by atoms with van der Waals surface area (Å²) in [6.07, 6.45) is 0.560. The molecule has 1 aromatic rings. The number of hydrogen-bond donors (Lipinski definition) is 0. The summed E-state index contributed by atoms with van der Waals surface area (Å²) in [7, 11) is -1.67. The largest absolute Gasteiger partial charge is 0.444 e. The van der Waals surface area contributed by atoms with Crippen molar-refractivity contribution < 1.29 is 18.7 Å². The second kappa shape index (κ2) is 8.54. The van der Waals surface area contributed by atoms with E-state index in [1.165, 1.54) is 0 Å². The molecular weight excluding hydrogens is 346 g/mol. The van der Waals surface area contributed by atoms with Crippen molar-refractivity contribution in [2.24, 2.45) is 0 Å². The Labute approximate surface area is 158 Å². The fourth-order valence-electron chi connectivity index (χ4n) is 3.05. The quantitative estimate of drug-likeness (QED) is 0.686. The summed E-state index contributed by atoms with van der Waals surface area (Å²) >= 11 is 0. The van der Waals surface area contributed by atoms with Crippen molar-refractivity contribution in [1.29, 1.82) is 0 Å². The first kappa shape index (κ1) is 20.9. The van der Waals surface area contributed by atoms with Crippen LogP contribution in [0.15, 0.2) is 30.3 Å². The maximum absolute atomic E-state index is 12.6. The molecular formula is C20H33NO4Si. The van der Waals surface area contributed by atoms with Crippen LogP contribution in [0.2, 0.25) is 19.6 Å². The predicted molar refractivity (Wildman–Crippen MR) is 106 cm³/mol. The third kappa shape index (κ3) is 7.09. The summed E-state index contributed by atoms with van der Waals surface area (Å²) in [5.41, 5.74) is 0.619. The topological polar surface area (TPSA) is 48.0 Å². The lowest BCUT2D eigenvalue weighted by Crippen LogP contribution is -2.42. The fourth-order valence-corrected chi connectivity index (χ4v) is 4.22. The van der Waals surface area contributed by atoms with Crippen LogP contribution in [0.1, 0.15) is 32.8 Å². The first-order valence-electron chi connectivity index (χ1n) is 9.32. The molecule has 0 bridgehead atoms. The molecule has 146 valence electrons. The number of benzene rings is 1. The van der Waals surface area contributed by atoms with E-state index in [2.05, 4.69) is 19.6 Å². The lowest BCUT2D eigenvalue weighted by molar-refractivity contribution is 0.00825. The number of carbonyl (C=O) groups is 1. The minimum absolute atomic E-state index is 0.0186. The Morgan fingerprint density at radius 2 is 1.85 bits per heavy atom. The van der Waals surface area contributed by atoms with Gasteiger partial charge in [0.1, 0.15) is 5.60 Å². The summed E-state index contributed by atoms with van der Waals surface area (Å²) in [6, 6.07) is 10.0. The minimum Gasteiger partial charge on any atom is -0.444 e. The molecule has 0 aliphatic carbocycles. The van der Waals surface area contributed by atoms with Crippen LogP contribution in [0, 0.1) is 0 Å². The first-order valence-corrected chi connectivity index (χ1v) is 12.7. The Hall–Kier alpha value is -1.37. The summed E-state index contributed by atoms with van der Waals surface area (Å²) < 4.78 is 17.7. The van der Waals surface area contributed by atoms with E-state index in [9.17, 15) is 4.79 Å². The van der Waals surface area contributed by atoms with E-state index in [1.807, 2.05) is 51.1 Å². The van der Waals surface area contributed by atoms with E-state index in [0.29, 0.717) is 19.8 Å². The molecule has 2 atom stereocenters. The highest BCUT2D eigenvalue weighted by Gasteiger charge is 2.39. The third-order valence-electron chi connectivity index (χ3n) is 3.95. The van der Waals surface area contributed by atoms with E-state index in [4.69, 9.17) is 13.9 Å². The highest BCUT2D eigenvalue weighted by molar-refractivity contribution is 6.69. The van der Waals surface area contributed by atoms with Crippen molar-refractivity contribution in [2.45, 2.75) is 71.2 Å². The normalized spacial score (nSPS) is 21.1. The smallest absolute Gasteiger partial charge is 0.410 e. The second-order valence-electron chi connectivity index (χ2n) is 8.88. The van der Waals surface area contributed by atoms with Crippen molar-refractivity contribution >= 4 is 14.4 Å². The molecule has 1 heterocycles. The molecule has 1 aromatic carbocycles. The number of nitrogens with zero attached hydrogens (tertiary/aromatic N) is 1. The zero-order chi connectivity index (χ0) is 19.4. The van der Waals surface area contributed by atoms with Gasteiger partial charge in [0.2, 0.25) is 0 Å². The van der Waals surface area contributed by atoms with Gasteiger partial charge >= 0.3 is 6.09 Å². The predicted octanol–water partition coefficient (Wildman–Crippen LogP) is 4.43. The standard InChI is InChI=1S/C20H33NO4Si/c1-20(2,3)24-19(22)21-13-18(25-26(4,5)6)12-17(21)15-23-14-16-10-8-7-9-11-16/h7-11,17-18H,12-15H2,1-6H3/t17?,18-/m1/s1. The maximum Gasteiger partial charge on any atom is 0.410 e. The first-order chi connectivity index (χ1) is 12.0. The van der Waals surface area contributed by atoms with Crippen LogP contribution in [0.4, 0.5) is 4.79 Å². The Balaban J connectivity index is 1.97. The Morgan fingerprint density at radius 1 is 1.19 bits per heavy atom. The van der Waals surface area contributed by atoms with Gasteiger partial charge in [-0.25, -0.2) is 4.79 Å². The molecule has 0 saturated carbocycles. The number of amides is 1. The summed E-state index contributed by atoms with van der Waals surface area (Å²) in [6.45, 7) is 13.8. The number of likely N-dealkylation sites (tertiary alicyclic amines) is 1. The van der Waals surface area contributed by atoms with Crippen molar-refractivity contribution in [2.75, 3.05) is 13.2 Å². The molecule has 1 saturated heterocycles. The van der Waals surface area contributed by atoms with Crippen molar-refractivity contribution in [3.8, 4) is 0 Å². The highest BCUT2D eigenvalue weighted by Crippen LogP contribution is 2.26. The lowest BCUT2D eigenvalue weighted by Gasteiger charge is -2.28. The summed E-state index contributed by atoms with van der Waals surface area (Å²) in [5.74, 6) is 0. The fraction of sp³-hybridized carbons (Fsp3) is 0.650. The highest BCUT2D eigenvalue weighted by atomic mass is 28.4. The lowest BCUT2D eigenvalue weighted by atomic mass is 10.2. The Kier molecular flexibility index (Phi) is 6.88. The van der Waals surface area contributed by atoms with Gasteiger partial charge < -0.3 is 18.8 Å². The molecule has 1 fully saturated rings. The third-order valence-corrected chi connectivity index (χ3v) is 4.99. The van der Waals surface area contributed by atoms with Gasteiger partial charge in [0.25, 0.3) is 0 Å². The van der Waals surface area contributed by atoms with Gasteiger partial charge in [-0.1, -0.05) is 30.3 Å². The van der Waals surface area contributed by atoms with Gasteiger partial charge in [0.05, 0.1) is 25.4 Å². The number of carbonyl (C=O) groups excluding carboxylic acids is 1. The number of rotatable bonds is 6. The van der Waals surface area contributed by atoms with Crippen molar-refractivity contribution in [1.82, 2.24) is 4.90 Å². The maximum atomic E-state index is 12.6. The van der Waals surface area contributed by atoms with E-state index >= 15 is 0 Å². The van der Waals surface area contributed by atoms with Gasteiger partial charge in [0.15, 0.2) is 8.32 Å². The van der Waals surface area contributed by atoms with Crippen LogP contribution in [0.3, 0.4) is 0 Å². The Morgan fingerprint density at radius 3 is 2.42 bits per heavy atom. The zero-order valence-electron chi connectivity index (χ0n) is 17.0. The van der Waals surface area contributed by atoms with Crippen LogP contribution >= 0.6 is 0 Å². The molecule has 6 heteroatoms. The number of ether oxygens (including phenoxy) is 2. The van der Waals surface area contributed by atoms with E-state index in [0.717, 1.165) is 12.0 Å². The van der Waals surface area contributed by atoms with Crippen LogP contribution in [-0.2, 0) is 20.5 Å². The van der Waals surface area contributed by atoms with Crippen molar-refractivity contribution in [3.05, 3.63) is 35.9 Å². The average molecular weight is 380 g/mol. The van der Waals surface area contributed by atoms with Crippen molar-refractivity contribution in [3.63, 3.8) is 0 Å². The minimum atomic E-state index is -1.67. The van der Waals surface area contributed by atoms with Crippen LogP contribution in [0.5, 0.6) is 0 Å². The molecule has 1 amide bonds. The Bertz CT molecular complexity index is 580. The van der Waals surface area contributed by atoms with Crippen LogP contribution in [0.25, 0.3) is 0 Å². The van der Waals surface area contributed by atoms with Gasteiger partial charge in [0, 0.05) is 6.54 Å². The summed E-state index contributed by atoms with van der Waals surface area (Å²) in [4.78, 5) is 14.4. The summed E-state index contributed by atoms with van der Waals surface area (Å²) in [5, 5.41) is 0. The molecule has 5 nitrogen and oxygen atoms in total. The average Bonchev–Trinajstić information content (AvgIpc) is 2.87. The molecule has 2 rings (SSSR count). The zero-order valence-corrected chi connectivity index (χ0v) is 18.0. The molecule has 0 radical (unpaired) electrons. The van der Waals surface area contributed by atoms with Gasteiger partial charge in [-0.15, -0.1) is 0 Å². The van der Waals surface area contributed by atoms with Crippen LogP contribution in [-0.4, -0.2) is 50.2 Å². The molecule has 26 heavy (non-hydrogen) atoms. The number of hydrogen-bond acceptors (Lipinski definition) is 4. The van der Waals surface area contributed by atoms with E-state index < -0.39 is 13.9 Å². The molecule has 0 aromatic heterocycles. The van der Waals surface area contributed by atoms with Crippen LogP contribution < -0.4 is 0 Å². The molecule has 1 unspecified atom stereocenters. The monoisotopic (exact) mass is 379 g/mol. The van der Waals surface area contributed by atoms with Gasteiger partial charge in [-0.3, -0.25) is 0 Å². The van der Waals surface area contributed by atoms with Gasteiger partial charge in [-0.05, 0) is 52.4 Å². The molecule has 1 aliphatic rings. The van der Waals surface area contributed by atoms with Gasteiger partial charge in [-0.2, -0.15) is 0 Å². The van der Waals surface area contributed by atoms with E-state index in [-0.39, 0.29) is 18.2 Å². The second-order valence-corrected chi connectivity index (χ2v) is 13.3. The van der Waals surface area contributed by atoms with E-state index in [1.54, 1.807) is 4.90 Å². The molecule has 0 N–H and O–H groups in total. The molecule has 0 spiro atoms. The SMILES string of the molecule is CC(C)(C)OC(=O)N1C[C@H](O[Si](C)(C)C)CC1COCc1ccccc1.